The van der Waals surface area contributed by atoms with E-state index in [4.69, 9.17) is 27.6 Å². The SMILES string of the molecule is CN(C)C(=O)CSc1nnc(C2=NNC(c3cc(Cl)cc(Cl)c3)(C(F)(F)F)C2)o1. The van der Waals surface area contributed by atoms with Crippen molar-refractivity contribution in [3.63, 3.8) is 0 Å². The van der Waals surface area contributed by atoms with Gasteiger partial charge in [0.15, 0.2) is 5.54 Å². The van der Waals surface area contributed by atoms with Crippen LogP contribution < -0.4 is 5.43 Å². The Kier molecular flexibility index (Phi) is 6.02. The Morgan fingerprint density at radius 2 is 1.93 bits per heavy atom. The third kappa shape index (κ3) is 4.46. The number of hydrogen-bond donors (Lipinski definition) is 1. The summed E-state index contributed by atoms with van der Waals surface area (Å²) in [6.07, 6.45) is -5.32. The molecule has 2 aromatic rings. The van der Waals surface area contributed by atoms with Crippen molar-refractivity contribution in [1.82, 2.24) is 20.5 Å². The molecular formula is C16H14Cl2F3N5O2S. The van der Waals surface area contributed by atoms with E-state index in [1.165, 1.54) is 23.1 Å². The number of rotatable bonds is 5. The van der Waals surface area contributed by atoms with Crippen LogP contribution in [0.5, 0.6) is 0 Å². The van der Waals surface area contributed by atoms with E-state index in [0.717, 1.165) is 11.8 Å². The van der Waals surface area contributed by atoms with Crippen LogP contribution in [0, 0.1) is 0 Å². The highest BCUT2D eigenvalue weighted by Crippen LogP contribution is 2.46. The Hall–Kier alpha value is -1.98. The summed E-state index contributed by atoms with van der Waals surface area (Å²) in [4.78, 5) is 13.0. The number of carbonyl (C=O) groups is 1. The molecule has 156 valence electrons. The van der Waals surface area contributed by atoms with Crippen LogP contribution in [0.1, 0.15) is 17.9 Å². The third-order valence-corrected chi connectivity index (χ3v) is 5.36. The number of alkyl halides is 3. The van der Waals surface area contributed by atoms with Crippen molar-refractivity contribution in [2.75, 3.05) is 19.8 Å². The van der Waals surface area contributed by atoms with Crippen LogP contribution in [0.2, 0.25) is 10.0 Å². The average Bonchev–Trinajstić information content (AvgIpc) is 3.25. The molecule has 0 bridgehead atoms. The molecule has 1 aromatic carbocycles. The summed E-state index contributed by atoms with van der Waals surface area (Å²) in [6.45, 7) is 0. The summed E-state index contributed by atoms with van der Waals surface area (Å²) >= 11 is 12.8. The third-order valence-electron chi connectivity index (χ3n) is 4.12. The highest BCUT2D eigenvalue weighted by atomic mass is 35.5. The first kappa shape index (κ1) is 21.7. The lowest BCUT2D eigenvalue weighted by molar-refractivity contribution is -0.196. The molecule has 0 spiro atoms. The van der Waals surface area contributed by atoms with Gasteiger partial charge < -0.3 is 9.32 Å². The molecule has 1 aromatic heterocycles. The molecule has 0 fully saturated rings. The van der Waals surface area contributed by atoms with E-state index in [2.05, 4.69) is 20.7 Å². The molecule has 7 nitrogen and oxygen atoms in total. The fourth-order valence-electron chi connectivity index (χ4n) is 2.55. The molecule has 1 aliphatic heterocycles. The normalized spacial score (nSPS) is 19.1. The van der Waals surface area contributed by atoms with E-state index in [-0.39, 0.29) is 44.1 Å². The quantitative estimate of drug-likeness (QED) is 0.674. The minimum absolute atomic E-state index is 0.0485. The molecule has 0 aliphatic carbocycles. The second-order valence-corrected chi connectivity index (χ2v) is 8.16. The van der Waals surface area contributed by atoms with Gasteiger partial charge in [-0.15, -0.1) is 10.2 Å². The van der Waals surface area contributed by atoms with Crippen LogP contribution in [-0.4, -0.2) is 52.7 Å². The Balaban J connectivity index is 1.83. The van der Waals surface area contributed by atoms with E-state index in [1.807, 2.05) is 0 Å². The largest absolute Gasteiger partial charge is 0.417 e. The molecule has 1 N–H and O–H groups in total. The summed E-state index contributed by atoms with van der Waals surface area (Å²) in [7, 11) is 3.19. The number of aromatic nitrogens is 2. The van der Waals surface area contributed by atoms with Gasteiger partial charge in [-0.25, -0.2) is 0 Å². The zero-order chi connectivity index (χ0) is 21.4. The molecule has 2 heterocycles. The van der Waals surface area contributed by atoms with Gasteiger partial charge in [0.2, 0.25) is 5.91 Å². The highest BCUT2D eigenvalue weighted by Gasteiger charge is 2.59. The number of halogens is 5. The first-order valence-electron chi connectivity index (χ1n) is 8.06. The number of benzene rings is 1. The van der Waals surface area contributed by atoms with Crippen molar-refractivity contribution in [1.29, 1.82) is 0 Å². The van der Waals surface area contributed by atoms with Crippen LogP contribution in [0.4, 0.5) is 13.2 Å². The van der Waals surface area contributed by atoms with Crippen molar-refractivity contribution in [3.05, 3.63) is 39.7 Å². The molecule has 0 radical (unpaired) electrons. The van der Waals surface area contributed by atoms with Crippen LogP contribution in [0.25, 0.3) is 0 Å². The van der Waals surface area contributed by atoms with Gasteiger partial charge in [-0.05, 0) is 23.8 Å². The number of hydrazone groups is 1. The number of carbonyl (C=O) groups excluding carboxylic acids is 1. The summed E-state index contributed by atoms with van der Waals surface area (Å²) in [5.41, 5.74) is -0.649. The van der Waals surface area contributed by atoms with Gasteiger partial charge >= 0.3 is 6.18 Å². The smallest absolute Gasteiger partial charge is 0.410 e. The van der Waals surface area contributed by atoms with Crippen molar-refractivity contribution >= 4 is 46.6 Å². The van der Waals surface area contributed by atoms with Gasteiger partial charge in [0.25, 0.3) is 11.1 Å². The maximum atomic E-state index is 14.0. The first-order chi connectivity index (χ1) is 13.5. The van der Waals surface area contributed by atoms with E-state index in [1.54, 1.807) is 14.1 Å². The fourth-order valence-corrected chi connectivity index (χ4v) is 3.82. The molecule has 1 aliphatic rings. The van der Waals surface area contributed by atoms with Crippen molar-refractivity contribution in [3.8, 4) is 0 Å². The average molecular weight is 468 g/mol. The summed E-state index contributed by atoms with van der Waals surface area (Å²) in [5, 5.41) is 11.4. The van der Waals surface area contributed by atoms with Crippen LogP contribution in [0.15, 0.2) is 32.9 Å². The Bertz CT molecular complexity index is 946. The Morgan fingerprint density at radius 3 is 2.52 bits per heavy atom. The molecule has 1 atom stereocenters. The van der Waals surface area contributed by atoms with Gasteiger partial charge in [0.05, 0.1) is 5.75 Å². The minimum Gasteiger partial charge on any atom is -0.410 e. The van der Waals surface area contributed by atoms with Gasteiger partial charge in [0.1, 0.15) is 5.71 Å². The summed E-state index contributed by atoms with van der Waals surface area (Å²) < 4.78 is 47.4. The number of nitrogens with zero attached hydrogens (tertiary/aromatic N) is 4. The molecular weight excluding hydrogens is 454 g/mol. The maximum absolute atomic E-state index is 14.0. The zero-order valence-corrected chi connectivity index (χ0v) is 17.4. The maximum Gasteiger partial charge on any atom is 0.417 e. The molecule has 0 saturated heterocycles. The van der Waals surface area contributed by atoms with Gasteiger partial charge in [-0.1, -0.05) is 35.0 Å². The fraction of sp³-hybridized carbons (Fsp3) is 0.375. The van der Waals surface area contributed by atoms with Gasteiger partial charge in [-0.3, -0.25) is 10.2 Å². The van der Waals surface area contributed by atoms with Crippen LogP contribution in [0.3, 0.4) is 0 Å². The molecule has 1 amide bonds. The molecule has 29 heavy (non-hydrogen) atoms. The number of amides is 1. The number of thioether (sulfide) groups is 1. The van der Waals surface area contributed by atoms with Crippen molar-refractivity contribution < 1.29 is 22.4 Å². The molecule has 0 saturated carbocycles. The van der Waals surface area contributed by atoms with E-state index in [9.17, 15) is 18.0 Å². The Labute approximate surface area is 177 Å². The van der Waals surface area contributed by atoms with Crippen LogP contribution >= 0.6 is 35.0 Å². The lowest BCUT2D eigenvalue weighted by Crippen LogP contribution is -2.49. The Morgan fingerprint density at radius 1 is 1.28 bits per heavy atom. The molecule has 1 unspecified atom stereocenters. The van der Waals surface area contributed by atoms with E-state index in [0.29, 0.717) is 0 Å². The summed E-state index contributed by atoms with van der Waals surface area (Å²) in [5.74, 6) is -0.299. The second-order valence-electron chi connectivity index (χ2n) is 6.36. The zero-order valence-electron chi connectivity index (χ0n) is 15.0. The van der Waals surface area contributed by atoms with Crippen molar-refractivity contribution in [2.24, 2.45) is 5.10 Å². The number of hydrogen-bond acceptors (Lipinski definition) is 7. The predicted octanol–water partition coefficient (Wildman–Crippen LogP) is 3.71. The van der Waals surface area contributed by atoms with E-state index >= 15 is 0 Å². The standard InChI is InChI=1S/C16H14Cl2F3N5O2S/c1-26(2)12(27)7-29-14-24-23-13(28-14)11-6-15(25-22-11,16(19,20)21)8-3-9(17)5-10(18)4-8/h3-5,25H,6-7H2,1-2H3. The molecule has 13 heteroatoms. The minimum atomic E-state index is -4.72. The van der Waals surface area contributed by atoms with E-state index < -0.39 is 18.1 Å². The van der Waals surface area contributed by atoms with Gasteiger partial charge in [0, 0.05) is 30.6 Å². The lowest BCUT2D eigenvalue weighted by Gasteiger charge is -2.31. The first-order valence-corrected chi connectivity index (χ1v) is 9.80. The topological polar surface area (TPSA) is 83.6 Å². The summed E-state index contributed by atoms with van der Waals surface area (Å²) in [6, 6.07) is 3.69. The predicted molar refractivity (Wildman–Crippen MR) is 102 cm³/mol. The highest BCUT2D eigenvalue weighted by molar-refractivity contribution is 7.99. The van der Waals surface area contributed by atoms with Crippen molar-refractivity contribution in [2.45, 2.75) is 23.4 Å². The monoisotopic (exact) mass is 467 g/mol. The number of nitrogens with one attached hydrogen (secondary N) is 1. The molecule has 3 rings (SSSR count). The lowest BCUT2D eigenvalue weighted by atomic mass is 9.85. The van der Waals surface area contributed by atoms with Gasteiger partial charge in [-0.2, -0.15) is 18.3 Å². The van der Waals surface area contributed by atoms with Crippen LogP contribution in [-0.2, 0) is 10.3 Å². The second kappa shape index (κ2) is 8.04.